The summed E-state index contributed by atoms with van der Waals surface area (Å²) in [7, 11) is 1.72. The van der Waals surface area contributed by atoms with Crippen molar-refractivity contribution in [3.8, 4) is 5.75 Å². The third-order valence-electron chi connectivity index (χ3n) is 7.15. The molecule has 2 aliphatic heterocycles. The molecule has 0 saturated carbocycles. The standard InChI is InChI=1S/C27H32N6O4/c1-4-11-31-23-13-20(5-8-21(23)14-28-31)15-30-16-25-32(26(36)17-29(3)33(25)18(2)34)24(27(30)37)12-19-6-9-22(35)10-7-19/h5-10,13-14,24-25,35H,4,11-12,15-17H2,1-3H3/t24-,25?/m0/s1. The number of carbonyl (C=O) groups excluding carboxylic acids is 3. The Hall–Kier alpha value is -3.92. The van der Waals surface area contributed by atoms with E-state index in [2.05, 4.69) is 18.1 Å². The highest BCUT2D eigenvalue weighted by Crippen LogP contribution is 2.29. The normalized spacial score (nSPS) is 20.6. The van der Waals surface area contributed by atoms with Crippen molar-refractivity contribution in [3.05, 3.63) is 59.8 Å². The average molecular weight is 505 g/mol. The van der Waals surface area contributed by atoms with Gasteiger partial charge in [-0.2, -0.15) is 5.10 Å². The van der Waals surface area contributed by atoms with E-state index in [1.165, 1.54) is 6.92 Å². The Morgan fingerprint density at radius 1 is 1.11 bits per heavy atom. The summed E-state index contributed by atoms with van der Waals surface area (Å²) >= 11 is 0. The Balaban J connectivity index is 1.50. The van der Waals surface area contributed by atoms with E-state index in [0.717, 1.165) is 35.0 Å². The van der Waals surface area contributed by atoms with Crippen molar-refractivity contribution < 1.29 is 19.5 Å². The van der Waals surface area contributed by atoms with Crippen molar-refractivity contribution in [2.75, 3.05) is 20.1 Å². The van der Waals surface area contributed by atoms with Crippen LogP contribution in [0.1, 0.15) is 31.4 Å². The first-order valence-corrected chi connectivity index (χ1v) is 12.6. The predicted molar refractivity (Wildman–Crippen MR) is 137 cm³/mol. The summed E-state index contributed by atoms with van der Waals surface area (Å²) in [6.45, 7) is 4.98. The zero-order chi connectivity index (χ0) is 26.3. The topological polar surface area (TPSA) is 102 Å². The van der Waals surface area contributed by atoms with Gasteiger partial charge in [-0.05, 0) is 35.7 Å². The Morgan fingerprint density at radius 2 is 1.84 bits per heavy atom. The third kappa shape index (κ3) is 4.64. The predicted octanol–water partition coefficient (Wildman–Crippen LogP) is 1.97. The lowest BCUT2D eigenvalue weighted by Crippen LogP contribution is -2.75. The van der Waals surface area contributed by atoms with Gasteiger partial charge in [-0.1, -0.05) is 31.2 Å². The number of aromatic nitrogens is 2. The molecule has 3 amide bonds. The molecule has 0 spiro atoms. The highest BCUT2D eigenvalue weighted by Gasteiger charge is 2.49. The number of amides is 3. The monoisotopic (exact) mass is 504 g/mol. The van der Waals surface area contributed by atoms with Crippen LogP contribution in [0.2, 0.25) is 0 Å². The number of likely N-dealkylation sites (N-methyl/N-ethyl adjacent to an activating group) is 1. The van der Waals surface area contributed by atoms with Crippen LogP contribution in [0, 0.1) is 0 Å². The van der Waals surface area contributed by atoms with Crippen LogP contribution in [0.4, 0.5) is 0 Å². The van der Waals surface area contributed by atoms with Gasteiger partial charge < -0.3 is 14.9 Å². The van der Waals surface area contributed by atoms with Crippen LogP contribution in [0.25, 0.3) is 10.9 Å². The molecule has 2 saturated heterocycles. The van der Waals surface area contributed by atoms with Crippen LogP contribution < -0.4 is 0 Å². The van der Waals surface area contributed by atoms with Gasteiger partial charge >= 0.3 is 0 Å². The van der Waals surface area contributed by atoms with Crippen LogP contribution >= 0.6 is 0 Å². The number of aromatic hydroxyl groups is 1. The van der Waals surface area contributed by atoms with E-state index in [0.29, 0.717) is 6.54 Å². The molecule has 37 heavy (non-hydrogen) atoms. The number of rotatable bonds is 6. The summed E-state index contributed by atoms with van der Waals surface area (Å²) < 4.78 is 1.97. The quantitative estimate of drug-likeness (QED) is 0.551. The minimum atomic E-state index is -0.763. The van der Waals surface area contributed by atoms with Gasteiger partial charge in [0, 0.05) is 38.9 Å². The van der Waals surface area contributed by atoms with Gasteiger partial charge in [0.2, 0.25) is 17.7 Å². The Bertz CT molecular complexity index is 1340. The smallest absolute Gasteiger partial charge is 0.246 e. The highest BCUT2D eigenvalue weighted by atomic mass is 16.3. The molecule has 3 heterocycles. The molecule has 2 aromatic carbocycles. The van der Waals surface area contributed by atoms with Crippen LogP contribution in [-0.4, -0.2) is 84.8 Å². The number of hydrogen-bond acceptors (Lipinski definition) is 6. The molecule has 1 unspecified atom stereocenters. The molecule has 2 aliphatic rings. The SMILES string of the molecule is CCCn1ncc2ccc(CN3CC4N(C(=O)CN(C)N4C(C)=O)[C@@H](Cc4ccc(O)cc4)C3=O)cc21. The molecular weight excluding hydrogens is 472 g/mol. The van der Waals surface area contributed by atoms with Crippen LogP contribution in [0.15, 0.2) is 48.7 Å². The molecule has 5 rings (SSSR count). The fourth-order valence-corrected chi connectivity index (χ4v) is 5.49. The number of nitrogens with zero attached hydrogens (tertiary/aromatic N) is 6. The molecule has 0 radical (unpaired) electrons. The van der Waals surface area contributed by atoms with Crippen LogP contribution in [0.3, 0.4) is 0 Å². The van der Waals surface area contributed by atoms with Gasteiger partial charge in [-0.3, -0.25) is 24.1 Å². The molecule has 1 aromatic heterocycles. The Labute approximate surface area is 215 Å². The number of fused-ring (bicyclic) bond motifs is 2. The molecule has 1 N–H and O–H groups in total. The molecule has 0 aliphatic carbocycles. The first kappa shape index (κ1) is 24.8. The lowest BCUT2D eigenvalue weighted by molar-refractivity contribution is -0.201. The van der Waals surface area contributed by atoms with E-state index < -0.39 is 12.2 Å². The van der Waals surface area contributed by atoms with Gasteiger partial charge in [0.15, 0.2) is 0 Å². The fourth-order valence-electron chi connectivity index (χ4n) is 5.49. The van der Waals surface area contributed by atoms with E-state index in [-0.39, 0.29) is 43.0 Å². The molecular formula is C27H32N6O4. The first-order valence-electron chi connectivity index (χ1n) is 12.6. The summed E-state index contributed by atoms with van der Waals surface area (Å²) in [6, 6.07) is 12.0. The molecule has 3 aromatic rings. The van der Waals surface area contributed by atoms with Gasteiger partial charge in [-0.25, -0.2) is 5.01 Å². The van der Waals surface area contributed by atoms with Gasteiger partial charge in [-0.15, -0.1) is 0 Å². The van der Waals surface area contributed by atoms with Crippen molar-refractivity contribution in [1.82, 2.24) is 29.6 Å². The maximum atomic E-state index is 13.9. The third-order valence-corrected chi connectivity index (χ3v) is 7.15. The van der Waals surface area contributed by atoms with E-state index in [1.807, 2.05) is 23.0 Å². The average Bonchev–Trinajstić information content (AvgIpc) is 3.25. The summed E-state index contributed by atoms with van der Waals surface area (Å²) in [4.78, 5) is 43.1. The number of phenols is 1. The second-order valence-corrected chi connectivity index (χ2v) is 9.83. The van der Waals surface area contributed by atoms with E-state index >= 15 is 0 Å². The molecule has 2 fully saturated rings. The lowest BCUT2D eigenvalue weighted by atomic mass is 9.98. The zero-order valence-corrected chi connectivity index (χ0v) is 21.4. The van der Waals surface area contributed by atoms with E-state index in [1.54, 1.807) is 51.1 Å². The zero-order valence-electron chi connectivity index (χ0n) is 21.4. The summed E-state index contributed by atoms with van der Waals surface area (Å²) in [5.74, 6) is -0.401. The largest absolute Gasteiger partial charge is 0.508 e. The minimum absolute atomic E-state index is 0.0214. The molecule has 10 heteroatoms. The molecule has 0 bridgehead atoms. The molecule has 2 atom stereocenters. The number of benzene rings is 2. The fraction of sp³-hybridized carbons (Fsp3) is 0.407. The number of carbonyl (C=O) groups is 3. The van der Waals surface area contributed by atoms with Crippen molar-refractivity contribution >= 4 is 28.6 Å². The molecule has 194 valence electrons. The number of aryl methyl sites for hydroxylation is 1. The van der Waals surface area contributed by atoms with Gasteiger partial charge in [0.25, 0.3) is 0 Å². The maximum Gasteiger partial charge on any atom is 0.246 e. The van der Waals surface area contributed by atoms with Crippen molar-refractivity contribution in [3.63, 3.8) is 0 Å². The first-order chi connectivity index (χ1) is 17.8. The van der Waals surface area contributed by atoms with Crippen LogP contribution in [0.5, 0.6) is 5.75 Å². The molecule has 10 nitrogen and oxygen atoms in total. The van der Waals surface area contributed by atoms with Crippen molar-refractivity contribution in [2.45, 2.75) is 52.0 Å². The van der Waals surface area contributed by atoms with Crippen LogP contribution in [-0.2, 0) is 33.9 Å². The van der Waals surface area contributed by atoms with Gasteiger partial charge in [0.1, 0.15) is 18.0 Å². The highest BCUT2D eigenvalue weighted by molar-refractivity contribution is 5.91. The van der Waals surface area contributed by atoms with Gasteiger partial charge in [0.05, 0.1) is 24.8 Å². The lowest BCUT2D eigenvalue weighted by Gasteiger charge is -2.54. The Morgan fingerprint density at radius 3 is 2.54 bits per heavy atom. The number of piperazine rings is 1. The summed E-state index contributed by atoms with van der Waals surface area (Å²) in [6.07, 6.45) is 2.50. The maximum absolute atomic E-state index is 13.9. The van der Waals surface area contributed by atoms with Crippen molar-refractivity contribution in [2.24, 2.45) is 0 Å². The van der Waals surface area contributed by atoms with E-state index in [4.69, 9.17) is 0 Å². The Kier molecular flexibility index (Phi) is 6.59. The van der Waals surface area contributed by atoms with Crippen molar-refractivity contribution in [1.29, 1.82) is 0 Å². The van der Waals surface area contributed by atoms with E-state index in [9.17, 15) is 19.5 Å². The summed E-state index contributed by atoms with van der Waals surface area (Å²) in [5.41, 5.74) is 2.80. The minimum Gasteiger partial charge on any atom is -0.508 e. The number of hydrazine groups is 1. The number of hydrogen-bond donors (Lipinski definition) is 1. The number of phenolic OH excluding ortho intramolecular Hbond substituents is 1. The second-order valence-electron chi connectivity index (χ2n) is 9.83. The summed E-state index contributed by atoms with van der Waals surface area (Å²) in [5, 5.41) is 18.4. The second kappa shape index (κ2) is 9.85.